The smallest absolute Gasteiger partial charge is 0.192 e. The first-order valence-corrected chi connectivity index (χ1v) is 6.78. The van der Waals surface area contributed by atoms with Crippen LogP contribution in [0.4, 0.5) is 5.69 Å². The van der Waals surface area contributed by atoms with Gasteiger partial charge in [-0.3, -0.25) is 0 Å². The van der Waals surface area contributed by atoms with Gasteiger partial charge in [-0.2, -0.15) is 5.26 Å². The molecule has 98 valence electrons. The number of hydrogen-bond acceptors (Lipinski definition) is 4. The number of aryl methyl sites for hydroxylation is 1. The Hall–Kier alpha value is -2.02. The Morgan fingerprint density at radius 1 is 1.32 bits per heavy atom. The molecule has 1 N–H and O–H groups in total. The van der Waals surface area contributed by atoms with Crippen molar-refractivity contribution >= 4 is 16.8 Å². The van der Waals surface area contributed by atoms with Gasteiger partial charge in [-0.05, 0) is 43.9 Å². The van der Waals surface area contributed by atoms with E-state index in [1.54, 1.807) is 0 Å². The Kier molecular flexibility index (Phi) is 3.12. The molecular formula is C15H17N3O. The van der Waals surface area contributed by atoms with Crippen LogP contribution in [0.3, 0.4) is 0 Å². The van der Waals surface area contributed by atoms with Gasteiger partial charge in [-0.25, -0.2) is 4.98 Å². The lowest BCUT2D eigenvalue weighted by molar-refractivity contribution is 0.397. The van der Waals surface area contributed by atoms with Crippen LogP contribution in [0.1, 0.15) is 31.6 Å². The lowest BCUT2D eigenvalue weighted by Gasteiger charge is -2.26. The molecule has 19 heavy (non-hydrogen) atoms. The fourth-order valence-electron chi connectivity index (χ4n) is 2.73. The minimum atomic E-state index is 0.249. The van der Waals surface area contributed by atoms with Crippen LogP contribution in [0, 0.1) is 24.2 Å². The summed E-state index contributed by atoms with van der Waals surface area (Å²) in [4.78, 5) is 4.34. The zero-order valence-electron chi connectivity index (χ0n) is 11.0. The van der Waals surface area contributed by atoms with Gasteiger partial charge in [0.25, 0.3) is 0 Å². The van der Waals surface area contributed by atoms with E-state index in [0.29, 0.717) is 11.9 Å². The number of aromatic nitrogens is 1. The van der Waals surface area contributed by atoms with Crippen molar-refractivity contribution in [2.75, 3.05) is 5.32 Å². The van der Waals surface area contributed by atoms with E-state index in [-0.39, 0.29) is 5.92 Å². The molecule has 2 aromatic rings. The van der Waals surface area contributed by atoms with Crippen molar-refractivity contribution < 1.29 is 4.42 Å². The summed E-state index contributed by atoms with van der Waals surface area (Å²) in [6.07, 6.45) is 4.13. The molecule has 4 nitrogen and oxygen atoms in total. The summed E-state index contributed by atoms with van der Waals surface area (Å²) in [5, 5.41) is 12.4. The van der Waals surface area contributed by atoms with Gasteiger partial charge in [0.1, 0.15) is 5.52 Å². The standard InChI is InChI=1S/C15H17N3O/c1-10-17-14-8-13(6-7-15(14)19-10)18-12-4-2-11(9-16)3-5-12/h6-8,11-12,18H,2-5H2,1H3. The van der Waals surface area contributed by atoms with Crippen LogP contribution in [-0.2, 0) is 0 Å². The number of oxazole rings is 1. The molecule has 1 aliphatic carbocycles. The molecule has 3 rings (SSSR count). The second kappa shape index (κ2) is 4.93. The Bertz CT molecular complexity index is 618. The Morgan fingerprint density at radius 2 is 2.11 bits per heavy atom. The molecule has 0 aliphatic heterocycles. The maximum atomic E-state index is 8.90. The molecule has 0 radical (unpaired) electrons. The third-order valence-corrected chi connectivity index (χ3v) is 3.78. The van der Waals surface area contributed by atoms with Gasteiger partial charge in [-0.15, -0.1) is 0 Å². The molecule has 1 aliphatic rings. The summed E-state index contributed by atoms with van der Waals surface area (Å²) in [5.41, 5.74) is 2.81. The first kappa shape index (κ1) is 12.0. The highest BCUT2D eigenvalue weighted by molar-refractivity contribution is 5.77. The Morgan fingerprint density at radius 3 is 2.84 bits per heavy atom. The first-order valence-electron chi connectivity index (χ1n) is 6.78. The Labute approximate surface area is 112 Å². The zero-order valence-corrected chi connectivity index (χ0v) is 11.0. The van der Waals surface area contributed by atoms with E-state index in [1.807, 2.05) is 25.1 Å². The average molecular weight is 255 g/mol. The number of hydrogen-bond donors (Lipinski definition) is 1. The molecule has 1 aromatic heterocycles. The van der Waals surface area contributed by atoms with Crippen LogP contribution in [0.15, 0.2) is 22.6 Å². The predicted octanol–water partition coefficient (Wildman–Crippen LogP) is 3.63. The van der Waals surface area contributed by atoms with E-state index < -0.39 is 0 Å². The fourth-order valence-corrected chi connectivity index (χ4v) is 2.73. The van der Waals surface area contributed by atoms with Crippen LogP contribution >= 0.6 is 0 Å². The van der Waals surface area contributed by atoms with E-state index in [0.717, 1.165) is 42.5 Å². The third kappa shape index (κ3) is 2.55. The molecular weight excluding hydrogens is 238 g/mol. The van der Waals surface area contributed by atoms with E-state index in [9.17, 15) is 0 Å². The zero-order chi connectivity index (χ0) is 13.2. The maximum absolute atomic E-state index is 8.90. The van der Waals surface area contributed by atoms with E-state index in [1.165, 1.54) is 0 Å². The Balaban J connectivity index is 1.70. The van der Waals surface area contributed by atoms with Crippen LogP contribution < -0.4 is 5.32 Å². The van der Waals surface area contributed by atoms with Gasteiger partial charge in [0.05, 0.1) is 6.07 Å². The van der Waals surface area contributed by atoms with E-state index in [2.05, 4.69) is 16.4 Å². The summed E-state index contributed by atoms with van der Waals surface area (Å²) < 4.78 is 5.47. The highest BCUT2D eigenvalue weighted by atomic mass is 16.3. The highest BCUT2D eigenvalue weighted by Gasteiger charge is 2.20. The molecule has 0 unspecified atom stereocenters. The maximum Gasteiger partial charge on any atom is 0.192 e. The number of nitriles is 1. The normalized spacial score (nSPS) is 23.2. The largest absolute Gasteiger partial charge is 0.441 e. The summed E-state index contributed by atoms with van der Waals surface area (Å²) >= 11 is 0. The van der Waals surface area contributed by atoms with Gasteiger partial charge in [-0.1, -0.05) is 0 Å². The second-order valence-corrected chi connectivity index (χ2v) is 5.24. The minimum Gasteiger partial charge on any atom is -0.441 e. The molecule has 0 saturated heterocycles. The molecule has 1 saturated carbocycles. The SMILES string of the molecule is Cc1nc2cc(NC3CCC(C#N)CC3)ccc2o1. The van der Waals surface area contributed by atoms with Crippen molar-refractivity contribution in [1.82, 2.24) is 4.98 Å². The van der Waals surface area contributed by atoms with Crippen molar-refractivity contribution in [3.05, 3.63) is 24.1 Å². The molecule has 0 bridgehead atoms. The lowest BCUT2D eigenvalue weighted by Crippen LogP contribution is -2.25. The fraction of sp³-hybridized carbons (Fsp3) is 0.467. The van der Waals surface area contributed by atoms with E-state index >= 15 is 0 Å². The van der Waals surface area contributed by atoms with Crippen molar-refractivity contribution in [3.63, 3.8) is 0 Å². The predicted molar refractivity (Wildman–Crippen MR) is 73.7 cm³/mol. The lowest BCUT2D eigenvalue weighted by atomic mass is 9.87. The molecule has 0 atom stereocenters. The highest BCUT2D eigenvalue weighted by Crippen LogP contribution is 2.27. The van der Waals surface area contributed by atoms with Crippen molar-refractivity contribution in [2.24, 2.45) is 5.92 Å². The quantitative estimate of drug-likeness (QED) is 0.890. The summed E-state index contributed by atoms with van der Waals surface area (Å²) in [6, 6.07) is 8.85. The van der Waals surface area contributed by atoms with Gasteiger partial charge >= 0.3 is 0 Å². The topological polar surface area (TPSA) is 61.9 Å². The monoisotopic (exact) mass is 255 g/mol. The van der Waals surface area contributed by atoms with Crippen molar-refractivity contribution in [2.45, 2.75) is 38.6 Å². The first-order chi connectivity index (χ1) is 9.24. The number of fused-ring (bicyclic) bond motifs is 1. The van der Waals surface area contributed by atoms with Gasteiger partial charge in [0.15, 0.2) is 11.5 Å². The molecule has 1 aromatic carbocycles. The van der Waals surface area contributed by atoms with Crippen molar-refractivity contribution in [3.8, 4) is 6.07 Å². The minimum absolute atomic E-state index is 0.249. The summed E-state index contributed by atoms with van der Waals surface area (Å²) in [6.45, 7) is 1.86. The van der Waals surface area contributed by atoms with Crippen molar-refractivity contribution in [1.29, 1.82) is 5.26 Å². The second-order valence-electron chi connectivity index (χ2n) is 5.24. The average Bonchev–Trinajstić information content (AvgIpc) is 2.79. The van der Waals surface area contributed by atoms with Gasteiger partial charge in [0, 0.05) is 24.6 Å². The van der Waals surface area contributed by atoms with Crippen LogP contribution in [0.5, 0.6) is 0 Å². The van der Waals surface area contributed by atoms with Crippen LogP contribution in [0.2, 0.25) is 0 Å². The van der Waals surface area contributed by atoms with Gasteiger partial charge < -0.3 is 9.73 Å². The van der Waals surface area contributed by atoms with E-state index in [4.69, 9.17) is 9.68 Å². The molecule has 4 heteroatoms. The van der Waals surface area contributed by atoms with Crippen LogP contribution in [-0.4, -0.2) is 11.0 Å². The summed E-state index contributed by atoms with van der Waals surface area (Å²) in [7, 11) is 0. The number of benzene rings is 1. The third-order valence-electron chi connectivity index (χ3n) is 3.78. The molecule has 0 amide bonds. The van der Waals surface area contributed by atoms with Gasteiger partial charge in [0.2, 0.25) is 0 Å². The molecule has 1 fully saturated rings. The molecule has 1 heterocycles. The number of nitrogens with zero attached hydrogens (tertiary/aromatic N) is 2. The number of rotatable bonds is 2. The molecule has 0 spiro atoms. The number of nitrogens with one attached hydrogen (secondary N) is 1. The van der Waals surface area contributed by atoms with Crippen LogP contribution in [0.25, 0.3) is 11.1 Å². The number of anilines is 1. The summed E-state index contributed by atoms with van der Waals surface area (Å²) in [5.74, 6) is 0.945.